The van der Waals surface area contributed by atoms with Crippen LogP contribution in [-0.4, -0.2) is 32.8 Å². The number of carbonyl (C=O) groups is 1. The van der Waals surface area contributed by atoms with E-state index in [2.05, 4.69) is 51.9 Å². The van der Waals surface area contributed by atoms with Gasteiger partial charge in [-0.25, -0.2) is 14.5 Å². The molecular weight excluding hydrogens is 340 g/mol. The second kappa shape index (κ2) is 6.95. The summed E-state index contributed by atoms with van der Waals surface area (Å²) in [6.45, 7) is 2.14. The highest BCUT2D eigenvalue weighted by molar-refractivity contribution is 5.99. The summed E-state index contributed by atoms with van der Waals surface area (Å²) >= 11 is 0. The lowest BCUT2D eigenvalue weighted by atomic mass is 10.1. The largest absolute Gasteiger partial charge is 0.358 e. The Bertz CT molecular complexity index is 1090. The van der Waals surface area contributed by atoms with E-state index in [-0.39, 0.29) is 6.03 Å². The maximum absolute atomic E-state index is 11.6. The highest BCUT2D eigenvalue weighted by atomic mass is 16.2. The maximum Gasteiger partial charge on any atom is 0.319 e. The molecule has 0 aliphatic carbocycles. The molecule has 4 rings (SSSR count). The molecule has 0 atom stereocenters. The van der Waals surface area contributed by atoms with E-state index in [9.17, 15) is 4.79 Å². The molecule has 0 saturated heterocycles. The van der Waals surface area contributed by atoms with Gasteiger partial charge in [-0.1, -0.05) is 19.1 Å². The monoisotopic (exact) mass is 360 g/mol. The Morgan fingerprint density at radius 2 is 2.00 bits per heavy atom. The van der Waals surface area contributed by atoms with E-state index in [1.54, 1.807) is 19.4 Å². The number of nitrogens with one attached hydrogen (secondary N) is 3. The van der Waals surface area contributed by atoms with Crippen LogP contribution < -0.4 is 10.6 Å². The number of aromatic nitrogens is 4. The summed E-state index contributed by atoms with van der Waals surface area (Å²) in [4.78, 5) is 19.4. The number of nitrogens with zero attached hydrogens (tertiary/aromatic N) is 3. The number of H-pyrrole nitrogens is 1. The van der Waals surface area contributed by atoms with Crippen molar-refractivity contribution < 1.29 is 4.79 Å². The third kappa shape index (κ3) is 3.27. The van der Waals surface area contributed by atoms with Crippen LogP contribution in [-0.2, 0) is 6.42 Å². The van der Waals surface area contributed by atoms with E-state index >= 15 is 0 Å². The van der Waals surface area contributed by atoms with Crippen LogP contribution in [0.3, 0.4) is 0 Å². The van der Waals surface area contributed by atoms with Gasteiger partial charge in [0.25, 0.3) is 0 Å². The lowest BCUT2D eigenvalue weighted by Gasteiger charge is -2.03. The number of aryl methyl sites for hydroxylation is 1. The van der Waals surface area contributed by atoms with Gasteiger partial charge in [0.05, 0.1) is 28.8 Å². The maximum atomic E-state index is 11.6. The molecule has 3 aromatic heterocycles. The van der Waals surface area contributed by atoms with Crippen molar-refractivity contribution in [1.82, 2.24) is 25.1 Å². The van der Waals surface area contributed by atoms with Crippen LogP contribution in [0.2, 0.25) is 0 Å². The molecule has 7 heteroatoms. The summed E-state index contributed by atoms with van der Waals surface area (Å²) in [5, 5.41) is 9.77. The number of hydrogen-bond donors (Lipinski definition) is 3. The van der Waals surface area contributed by atoms with E-state index in [1.807, 2.05) is 23.0 Å². The highest BCUT2D eigenvalue weighted by Gasteiger charge is 2.11. The van der Waals surface area contributed by atoms with Crippen LogP contribution in [0.1, 0.15) is 12.5 Å². The zero-order valence-electron chi connectivity index (χ0n) is 15.2. The van der Waals surface area contributed by atoms with Crippen LogP contribution >= 0.6 is 0 Å². The Morgan fingerprint density at radius 1 is 1.19 bits per heavy atom. The third-order valence-electron chi connectivity index (χ3n) is 4.49. The Hall–Kier alpha value is -3.61. The molecule has 3 N–H and O–H groups in total. The lowest BCUT2D eigenvalue weighted by Crippen LogP contribution is -2.24. The molecule has 7 nitrogen and oxygen atoms in total. The van der Waals surface area contributed by atoms with Gasteiger partial charge < -0.3 is 15.6 Å². The minimum atomic E-state index is -0.286. The zero-order valence-corrected chi connectivity index (χ0v) is 15.2. The van der Waals surface area contributed by atoms with Gasteiger partial charge in [-0.15, -0.1) is 0 Å². The first kappa shape index (κ1) is 16.8. The Balaban J connectivity index is 1.67. The van der Waals surface area contributed by atoms with Crippen LogP contribution in [0, 0.1) is 0 Å². The van der Waals surface area contributed by atoms with Crippen LogP contribution in [0.15, 0.2) is 55.0 Å². The molecule has 0 fully saturated rings. The standard InChI is InChI=1S/C20H20N6O/c1-3-13-4-6-15(7-5-13)26-12-14(10-23-26)16-8-9-17-19(24-16)18(11-22-17)25-20(27)21-2/h4-12,22H,3H2,1-2H3,(H2,21,25,27). The van der Waals surface area contributed by atoms with Crippen LogP contribution in [0.5, 0.6) is 0 Å². The van der Waals surface area contributed by atoms with Gasteiger partial charge in [0.2, 0.25) is 0 Å². The van der Waals surface area contributed by atoms with Gasteiger partial charge in [0, 0.05) is 25.0 Å². The van der Waals surface area contributed by atoms with Crippen molar-refractivity contribution in [2.75, 3.05) is 12.4 Å². The number of urea groups is 1. The van der Waals surface area contributed by atoms with E-state index in [4.69, 9.17) is 4.98 Å². The first-order chi connectivity index (χ1) is 13.2. The Labute approximate surface area is 156 Å². The minimum Gasteiger partial charge on any atom is -0.358 e. The van der Waals surface area contributed by atoms with Gasteiger partial charge in [-0.3, -0.25) is 0 Å². The Morgan fingerprint density at radius 3 is 2.74 bits per heavy atom. The molecule has 136 valence electrons. The van der Waals surface area contributed by atoms with Crippen molar-refractivity contribution in [3.05, 3.63) is 60.6 Å². The average Bonchev–Trinajstić information content (AvgIpc) is 3.35. The fourth-order valence-electron chi connectivity index (χ4n) is 2.92. The number of carbonyl (C=O) groups excluding carboxylic acids is 1. The Kier molecular flexibility index (Phi) is 4.33. The summed E-state index contributed by atoms with van der Waals surface area (Å²) in [7, 11) is 1.57. The fraction of sp³-hybridized carbons (Fsp3) is 0.150. The van der Waals surface area contributed by atoms with Crippen molar-refractivity contribution >= 4 is 22.8 Å². The lowest BCUT2D eigenvalue weighted by molar-refractivity contribution is 0.254. The second-order valence-corrected chi connectivity index (χ2v) is 6.19. The molecule has 0 radical (unpaired) electrons. The van der Waals surface area contributed by atoms with Gasteiger partial charge in [0.15, 0.2) is 0 Å². The summed E-state index contributed by atoms with van der Waals surface area (Å²) < 4.78 is 1.83. The summed E-state index contributed by atoms with van der Waals surface area (Å²) in [6, 6.07) is 11.9. The molecule has 0 unspecified atom stereocenters. The number of anilines is 1. The molecule has 4 aromatic rings. The quantitative estimate of drug-likeness (QED) is 0.518. The molecule has 1 aromatic carbocycles. The third-order valence-corrected chi connectivity index (χ3v) is 4.49. The number of hydrogen-bond acceptors (Lipinski definition) is 3. The van der Waals surface area contributed by atoms with Crippen molar-refractivity contribution in [1.29, 1.82) is 0 Å². The normalized spacial score (nSPS) is 10.9. The smallest absolute Gasteiger partial charge is 0.319 e. The number of pyridine rings is 1. The SMILES string of the molecule is CCc1ccc(-n2cc(-c3ccc4[nH]cc(NC(=O)NC)c4n3)cn2)cc1. The number of amides is 2. The molecule has 0 bridgehead atoms. The molecule has 2 amide bonds. The number of fused-ring (bicyclic) bond motifs is 1. The van der Waals surface area contributed by atoms with Gasteiger partial charge in [0.1, 0.15) is 5.52 Å². The fourth-order valence-corrected chi connectivity index (χ4v) is 2.92. The molecule has 0 aliphatic rings. The molecule has 0 saturated carbocycles. The first-order valence-corrected chi connectivity index (χ1v) is 8.79. The van der Waals surface area contributed by atoms with E-state index < -0.39 is 0 Å². The number of aromatic amines is 1. The minimum absolute atomic E-state index is 0.286. The van der Waals surface area contributed by atoms with Gasteiger partial charge >= 0.3 is 6.03 Å². The molecular formula is C20H20N6O. The number of benzene rings is 1. The van der Waals surface area contributed by atoms with E-state index in [0.29, 0.717) is 11.2 Å². The molecule has 0 aliphatic heterocycles. The number of rotatable bonds is 4. The predicted molar refractivity (Wildman–Crippen MR) is 106 cm³/mol. The van der Waals surface area contributed by atoms with Crippen molar-refractivity contribution in [3.8, 4) is 16.9 Å². The van der Waals surface area contributed by atoms with Crippen molar-refractivity contribution in [2.45, 2.75) is 13.3 Å². The zero-order chi connectivity index (χ0) is 18.8. The van der Waals surface area contributed by atoms with Crippen molar-refractivity contribution in [2.24, 2.45) is 0 Å². The second-order valence-electron chi connectivity index (χ2n) is 6.19. The van der Waals surface area contributed by atoms with Crippen LogP contribution in [0.4, 0.5) is 10.5 Å². The summed E-state index contributed by atoms with van der Waals surface area (Å²) in [6.07, 6.45) is 6.49. The average molecular weight is 360 g/mol. The molecule has 0 spiro atoms. The highest BCUT2D eigenvalue weighted by Crippen LogP contribution is 2.26. The van der Waals surface area contributed by atoms with E-state index in [0.717, 1.165) is 28.9 Å². The van der Waals surface area contributed by atoms with Gasteiger partial charge in [-0.05, 0) is 36.2 Å². The van der Waals surface area contributed by atoms with E-state index in [1.165, 1.54) is 5.56 Å². The molecule has 3 heterocycles. The molecule has 27 heavy (non-hydrogen) atoms. The van der Waals surface area contributed by atoms with Crippen molar-refractivity contribution in [3.63, 3.8) is 0 Å². The summed E-state index contributed by atoms with van der Waals surface area (Å²) in [5.74, 6) is 0. The van der Waals surface area contributed by atoms with Crippen LogP contribution in [0.25, 0.3) is 28.0 Å². The predicted octanol–water partition coefficient (Wildman–Crippen LogP) is 3.73. The summed E-state index contributed by atoms with van der Waals surface area (Å²) in [5.41, 5.74) is 6.18. The van der Waals surface area contributed by atoms with Gasteiger partial charge in [-0.2, -0.15) is 5.10 Å². The first-order valence-electron chi connectivity index (χ1n) is 8.79. The topological polar surface area (TPSA) is 87.6 Å².